The molecular formula is C21H25N3O4. The van der Waals surface area contributed by atoms with Crippen LogP contribution in [0.1, 0.15) is 38.3 Å². The molecule has 0 spiro atoms. The highest BCUT2D eigenvalue weighted by molar-refractivity contribution is 5.98. The molecule has 2 aromatic rings. The van der Waals surface area contributed by atoms with Crippen molar-refractivity contribution in [2.24, 2.45) is 5.16 Å². The summed E-state index contributed by atoms with van der Waals surface area (Å²) >= 11 is 0. The molecule has 0 saturated carbocycles. The van der Waals surface area contributed by atoms with Gasteiger partial charge in [0, 0.05) is 18.2 Å². The maximum Gasteiger partial charge on any atom is 0.319 e. The minimum absolute atomic E-state index is 0.336. The molecule has 2 amide bonds. The number of nitrogens with one attached hydrogen (secondary N) is 2. The number of amides is 2. The summed E-state index contributed by atoms with van der Waals surface area (Å²) < 4.78 is 11.3. The molecule has 0 aromatic heterocycles. The summed E-state index contributed by atoms with van der Waals surface area (Å²) in [5.41, 5.74) is 2.17. The quantitative estimate of drug-likeness (QED) is 0.421. The lowest BCUT2D eigenvalue weighted by molar-refractivity contribution is 0.242. The molecule has 7 nitrogen and oxygen atoms in total. The summed E-state index contributed by atoms with van der Waals surface area (Å²) in [6, 6.07) is 12.5. The molecule has 0 bridgehead atoms. The molecular weight excluding hydrogens is 358 g/mol. The zero-order valence-electron chi connectivity index (χ0n) is 16.3. The van der Waals surface area contributed by atoms with Crippen LogP contribution in [0.25, 0.3) is 0 Å². The van der Waals surface area contributed by atoms with Gasteiger partial charge in [-0.2, -0.15) is 0 Å². The molecule has 1 aliphatic rings. The van der Waals surface area contributed by atoms with Crippen LogP contribution in [0.4, 0.5) is 10.5 Å². The fourth-order valence-electron chi connectivity index (χ4n) is 2.95. The average molecular weight is 383 g/mol. The fourth-order valence-corrected chi connectivity index (χ4v) is 2.95. The normalized spacial score (nSPS) is 14.2. The maximum atomic E-state index is 12.6. The number of oxime groups is 1. The highest BCUT2D eigenvalue weighted by atomic mass is 16.5. The first kappa shape index (κ1) is 19.5. The van der Waals surface area contributed by atoms with Crippen molar-refractivity contribution in [3.63, 3.8) is 0 Å². The van der Waals surface area contributed by atoms with Gasteiger partial charge in [-0.25, -0.2) is 4.79 Å². The number of carbonyl (C=O) groups excluding carboxylic acids is 1. The molecule has 3 N–H and O–H groups in total. The minimum Gasteiger partial charge on any atom is -0.490 e. The second-order valence-corrected chi connectivity index (χ2v) is 7.18. The monoisotopic (exact) mass is 383 g/mol. The SMILES string of the molecule is C/C(=N\O)c1cccc(C(C)(C)NC(=O)Nc2ccc3c(c2)OCCCO3)c1. The number of urea groups is 1. The number of ether oxygens (including phenoxy) is 2. The standard InChI is InChI=1S/C21H25N3O4/c1-14(24-26)15-6-4-7-16(12-15)21(2,3)23-20(25)22-17-8-9-18-19(13-17)28-11-5-10-27-18/h4,6-9,12-13,26H,5,10-11H2,1-3H3,(H2,22,23,25)/b24-14+. The van der Waals surface area contributed by atoms with Gasteiger partial charge in [-0.3, -0.25) is 0 Å². The minimum atomic E-state index is -0.638. The number of fused-ring (bicyclic) bond motifs is 1. The highest BCUT2D eigenvalue weighted by Gasteiger charge is 2.24. The Morgan fingerprint density at radius 1 is 1.11 bits per heavy atom. The fraction of sp³-hybridized carbons (Fsp3) is 0.333. The lowest BCUT2D eigenvalue weighted by atomic mass is 9.92. The molecule has 7 heteroatoms. The van der Waals surface area contributed by atoms with Gasteiger partial charge in [0.05, 0.1) is 24.5 Å². The van der Waals surface area contributed by atoms with E-state index in [0.717, 1.165) is 17.5 Å². The zero-order valence-corrected chi connectivity index (χ0v) is 16.3. The van der Waals surface area contributed by atoms with Crippen molar-refractivity contribution in [3.8, 4) is 11.5 Å². The Morgan fingerprint density at radius 2 is 1.86 bits per heavy atom. The van der Waals surface area contributed by atoms with E-state index in [9.17, 15) is 4.79 Å². The number of hydrogen-bond acceptors (Lipinski definition) is 5. The van der Waals surface area contributed by atoms with Gasteiger partial charge < -0.3 is 25.3 Å². The second-order valence-electron chi connectivity index (χ2n) is 7.18. The first-order valence-corrected chi connectivity index (χ1v) is 9.17. The van der Waals surface area contributed by atoms with Gasteiger partial charge in [-0.15, -0.1) is 0 Å². The molecule has 2 aromatic carbocycles. The first-order chi connectivity index (χ1) is 13.4. The molecule has 0 radical (unpaired) electrons. The van der Waals surface area contributed by atoms with Gasteiger partial charge in [0.15, 0.2) is 11.5 Å². The van der Waals surface area contributed by atoms with Crippen LogP contribution >= 0.6 is 0 Å². The Kier molecular flexibility index (Phi) is 5.73. The third-order valence-corrected chi connectivity index (χ3v) is 4.58. The van der Waals surface area contributed by atoms with E-state index in [1.807, 2.05) is 38.1 Å². The van der Waals surface area contributed by atoms with Gasteiger partial charge in [-0.1, -0.05) is 23.4 Å². The Hall–Kier alpha value is -3.22. The lowest BCUT2D eigenvalue weighted by Gasteiger charge is -2.27. The van der Waals surface area contributed by atoms with Crippen LogP contribution in [-0.2, 0) is 5.54 Å². The maximum absolute atomic E-state index is 12.6. The number of hydrogen-bond donors (Lipinski definition) is 3. The van der Waals surface area contributed by atoms with E-state index in [-0.39, 0.29) is 6.03 Å². The van der Waals surface area contributed by atoms with Crippen molar-refractivity contribution >= 4 is 17.4 Å². The number of rotatable bonds is 4. The summed E-state index contributed by atoms with van der Waals surface area (Å²) in [5, 5.41) is 18.0. The van der Waals surface area contributed by atoms with Gasteiger partial charge in [0.2, 0.25) is 0 Å². The highest BCUT2D eigenvalue weighted by Crippen LogP contribution is 2.32. The van der Waals surface area contributed by atoms with Gasteiger partial charge in [0.1, 0.15) is 0 Å². The van der Waals surface area contributed by atoms with Crippen molar-refractivity contribution in [2.45, 2.75) is 32.7 Å². The largest absolute Gasteiger partial charge is 0.490 e. The summed E-state index contributed by atoms with van der Waals surface area (Å²) in [4.78, 5) is 12.6. The van der Waals surface area contributed by atoms with Crippen LogP contribution in [0, 0.1) is 0 Å². The summed E-state index contributed by atoms with van der Waals surface area (Å²) in [6.45, 7) is 6.74. The van der Waals surface area contributed by atoms with E-state index >= 15 is 0 Å². The molecule has 148 valence electrons. The molecule has 3 rings (SSSR count). The van der Waals surface area contributed by atoms with Crippen molar-refractivity contribution in [3.05, 3.63) is 53.6 Å². The number of carbonyl (C=O) groups is 1. The predicted octanol–water partition coefficient (Wildman–Crippen LogP) is 4.10. The predicted molar refractivity (Wildman–Crippen MR) is 108 cm³/mol. The van der Waals surface area contributed by atoms with E-state index in [0.29, 0.717) is 36.1 Å². The Morgan fingerprint density at radius 3 is 2.61 bits per heavy atom. The number of benzene rings is 2. The third-order valence-electron chi connectivity index (χ3n) is 4.58. The van der Waals surface area contributed by atoms with Crippen molar-refractivity contribution < 1.29 is 19.5 Å². The van der Waals surface area contributed by atoms with Crippen LogP contribution < -0.4 is 20.1 Å². The molecule has 1 heterocycles. The number of anilines is 1. The van der Waals surface area contributed by atoms with E-state index in [1.165, 1.54) is 0 Å². The summed E-state index contributed by atoms with van der Waals surface area (Å²) in [7, 11) is 0. The third kappa shape index (κ3) is 4.54. The van der Waals surface area contributed by atoms with Crippen LogP contribution in [0.3, 0.4) is 0 Å². The summed E-state index contributed by atoms with van der Waals surface area (Å²) in [6.07, 6.45) is 0.825. The molecule has 0 saturated heterocycles. The molecule has 0 atom stereocenters. The molecule has 28 heavy (non-hydrogen) atoms. The second kappa shape index (κ2) is 8.21. The first-order valence-electron chi connectivity index (χ1n) is 9.17. The van der Waals surface area contributed by atoms with Gasteiger partial charge in [-0.05, 0) is 50.1 Å². The van der Waals surface area contributed by atoms with Crippen molar-refractivity contribution in [1.82, 2.24) is 5.32 Å². The smallest absolute Gasteiger partial charge is 0.319 e. The van der Waals surface area contributed by atoms with Crippen LogP contribution in [-0.4, -0.2) is 30.2 Å². The average Bonchev–Trinajstić information content (AvgIpc) is 2.92. The van der Waals surface area contributed by atoms with Gasteiger partial charge in [0.25, 0.3) is 0 Å². The Labute approximate surface area is 164 Å². The number of nitrogens with zero attached hydrogens (tertiary/aromatic N) is 1. The lowest BCUT2D eigenvalue weighted by Crippen LogP contribution is -2.43. The van der Waals surface area contributed by atoms with Crippen LogP contribution in [0.2, 0.25) is 0 Å². The van der Waals surface area contributed by atoms with Crippen LogP contribution in [0.15, 0.2) is 47.6 Å². The van der Waals surface area contributed by atoms with Crippen LogP contribution in [0.5, 0.6) is 11.5 Å². The molecule has 0 aliphatic carbocycles. The van der Waals surface area contributed by atoms with Crippen molar-refractivity contribution in [1.29, 1.82) is 0 Å². The Bertz CT molecular complexity index is 893. The molecule has 1 aliphatic heterocycles. The van der Waals surface area contributed by atoms with E-state index in [4.69, 9.17) is 14.7 Å². The topological polar surface area (TPSA) is 92.2 Å². The van der Waals surface area contributed by atoms with E-state index < -0.39 is 5.54 Å². The molecule has 0 fully saturated rings. The van der Waals surface area contributed by atoms with E-state index in [2.05, 4.69) is 15.8 Å². The Balaban J connectivity index is 1.71. The van der Waals surface area contributed by atoms with Gasteiger partial charge >= 0.3 is 6.03 Å². The van der Waals surface area contributed by atoms with E-state index in [1.54, 1.807) is 25.1 Å². The molecule has 0 unspecified atom stereocenters. The summed E-state index contributed by atoms with van der Waals surface area (Å²) in [5.74, 6) is 1.31. The zero-order chi connectivity index (χ0) is 20.1. The van der Waals surface area contributed by atoms with Crippen molar-refractivity contribution in [2.75, 3.05) is 18.5 Å².